The Kier molecular flexibility index (Phi) is 8.23. The minimum absolute atomic E-state index is 0.141. The fourth-order valence-corrected chi connectivity index (χ4v) is 6.40. The Morgan fingerprint density at radius 1 is 0.684 bits per heavy atom. The van der Waals surface area contributed by atoms with Crippen molar-refractivity contribution in [2.24, 2.45) is 5.41 Å². The maximum Gasteiger partial charge on any atom is 0.231 e. The van der Waals surface area contributed by atoms with Crippen molar-refractivity contribution < 1.29 is 14.4 Å². The van der Waals surface area contributed by atoms with Crippen LogP contribution in [0.3, 0.4) is 0 Å². The molecule has 8 nitrogen and oxygen atoms in total. The van der Waals surface area contributed by atoms with E-state index >= 15 is 0 Å². The van der Waals surface area contributed by atoms with E-state index < -0.39 is 17.3 Å². The van der Waals surface area contributed by atoms with Gasteiger partial charge in [-0.1, -0.05) is 47.5 Å². The second-order valence-electron chi connectivity index (χ2n) is 10.2. The summed E-state index contributed by atoms with van der Waals surface area (Å²) in [4.78, 5) is 46.6. The smallest absolute Gasteiger partial charge is 0.231 e. The normalized spacial score (nSPS) is 23.6. The van der Waals surface area contributed by atoms with Gasteiger partial charge in [-0.05, 0) is 41.8 Å². The highest BCUT2D eigenvalue weighted by molar-refractivity contribution is 6.30. The Morgan fingerprint density at radius 3 is 1.42 bits per heavy atom. The molecule has 3 fully saturated rings. The lowest BCUT2D eigenvalue weighted by atomic mass is 9.60. The van der Waals surface area contributed by atoms with Crippen LogP contribution in [0.2, 0.25) is 10.0 Å². The molecular weight excluding hydrogens is 525 g/mol. The number of hydrogen-bond acceptors (Lipinski definition) is 5. The van der Waals surface area contributed by atoms with Crippen LogP contribution in [0.1, 0.15) is 29.4 Å². The quantitative estimate of drug-likeness (QED) is 0.506. The van der Waals surface area contributed by atoms with Crippen LogP contribution >= 0.6 is 23.2 Å². The van der Waals surface area contributed by atoms with Crippen LogP contribution in [0, 0.1) is 5.41 Å². The van der Waals surface area contributed by atoms with Crippen molar-refractivity contribution in [1.82, 2.24) is 25.8 Å². The van der Waals surface area contributed by atoms with Crippen molar-refractivity contribution >= 4 is 40.9 Å². The molecule has 2 aromatic carbocycles. The van der Waals surface area contributed by atoms with E-state index in [1.807, 2.05) is 34.1 Å². The summed E-state index contributed by atoms with van der Waals surface area (Å²) in [6.45, 7) is 5.26. The second kappa shape index (κ2) is 11.6. The third-order valence-corrected chi connectivity index (χ3v) is 8.54. The number of carbonyl (C=O) groups is 3. The molecule has 202 valence electrons. The number of rotatable bonds is 6. The molecule has 3 saturated heterocycles. The number of benzene rings is 2. The molecular formula is C28H33Cl2N5O3. The van der Waals surface area contributed by atoms with Gasteiger partial charge in [0.1, 0.15) is 0 Å². The van der Waals surface area contributed by atoms with Crippen LogP contribution in [0.25, 0.3) is 0 Å². The molecule has 0 aliphatic carbocycles. The molecule has 0 spiro atoms. The summed E-state index contributed by atoms with van der Waals surface area (Å²) in [6, 6.07) is 14.2. The largest absolute Gasteiger partial charge is 0.356 e. The number of carbonyl (C=O) groups excluding carboxylic acids is 3. The third kappa shape index (κ3) is 5.15. The molecule has 0 aromatic heterocycles. The minimum Gasteiger partial charge on any atom is -0.356 e. The first kappa shape index (κ1) is 26.9. The topological polar surface area (TPSA) is 93.8 Å². The molecule has 0 bridgehead atoms. The van der Waals surface area contributed by atoms with Crippen molar-refractivity contribution in [1.29, 1.82) is 0 Å². The third-order valence-electron chi connectivity index (χ3n) is 8.04. The van der Waals surface area contributed by atoms with Crippen LogP contribution in [0.5, 0.6) is 0 Å². The summed E-state index contributed by atoms with van der Waals surface area (Å²) in [7, 11) is 0. The van der Waals surface area contributed by atoms with E-state index in [9.17, 15) is 14.4 Å². The predicted molar refractivity (Wildman–Crippen MR) is 147 cm³/mol. The zero-order valence-electron chi connectivity index (χ0n) is 21.2. The summed E-state index contributed by atoms with van der Waals surface area (Å²) in [5.41, 5.74) is 0.0371. The van der Waals surface area contributed by atoms with Gasteiger partial charge in [0.15, 0.2) is 0 Å². The van der Waals surface area contributed by atoms with Crippen LogP contribution in [-0.2, 0) is 14.4 Å². The van der Waals surface area contributed by atoms with Crippen molar-refractivity contribution in [3.05, 3.63) is 69.7 Å². The second-order valence-corrected chi connectivity index (χ2v) is 11.0. The number of nitrogens with one attached hydrogen (secondary N) is 3. The van der Waals surface area contributed by atoms with E-state index in [2.05, 4.69) is 16.0 Å². The first-order valence-electron chi connectivity index (χ1n) is 13.2. The molecule has 3 aliphatic rings. The van der Waals surface area contributed by atoms with E-state index in [1.54, 1.807) is 24.3 Å². The van der Waals surface area contributed by atoms with Crippen LogP contribution in [0.4, 0.5) is 0 Å². The number of nitrogens with zero attached hydrogens (tertiary/aromatic N) is 2. The van der Waals surface area contributed by atoms with Gasteiger partial charge in [-0.15, -0.1) is 0 Å². The van der Waals surface area contributed by atoms with Crippen molar-refractivity contribution in [2.45, 2.75) is 18.3 Å². The van der Waals surface area contributed by atoms with Crippen LogP contribution in [-0.4, -0.2) is 86.4 Å². The van der Waals surface area contributed by atoms with Gasteiger partial charge in [0.25, 0.3) is 0 Å². The summed E-state index contributed by atoms with van der Waals surface area (Å²) < 4.78 is 0. The molecule has 38 heavy (non-hydrogen) atoms. The summed E-state index contributed by atoms with van der Waals surface area (Å²) in [5.74, 6) is -2.29. The minimum atomic E-state index is -1.33. The molecule has 3 amide bonds. The molecule has 3 heterocycles. The number of halogens is 2. The van der Waals surface area contributed by atoms with Gasteiger partial charge in [0, 0.05) is 68.9 Å². The van der Waals surface area contributed by atoms with Crippen LogP contribution < -0.4 is 16.0 Å². The number of hydrogen-bond donors (Lipinski definition) is 3. The first-order valence-corrected chi connectivity index (χ1v) is 14.0. The van der Waals surface area contributed by atoms with E-state index in [1.165, 1.54) is 0 Å². The van der Waals surface area contributed by atoms with Gasteiger partial charge < -0.3 is 25.8 Å². The molecule has 0 radical (unpaired) electrons. The summed E-state index contributed by atoms with van der Waals surface area (Å²) >= 11 is 12.5. The van der Waals surface area contributed by atoms with Crippen LogP contribution in [0.15, 0.2) is 48.5 Å². The highest BCUT2D eigenvalue weighted by Gasteiger charge is 2.60. The van der Waals surface area contributed by atoms with Crippen molar-refractivity contribution in [3.63, 3.8) is 0 Å². The maximum absolute atomic E-state index is 14.4. The Balaban J connectivity index is 1.70. The zero-order chi connectivity index (χ0) is 26.7. The Labute approximate surface area is 233 Å². The van der Waals surface area contributed by atoms with E-state index in [0.29, 0.717) is 86.5 Å². The standard InChI is InChI=1S/C28H33Cl2N5O3/c29-21-5-1-19(2-6-21)23(25(36)34-15-11-31-12-16-34)28(9-10-33-27(28)38)24(20-3-7-22(30)8-4-20)26(37)35-17-13-32-14-18-35/h1-8,23-24,31-32H,9-18H2,(H,33,38). The molecule has 2 unspecified atom stereocenters. The lowest BCUT2D eigenvalue weighted by Crippen LogP contribution is -2.57. The van der Waals surface area contributed by atoms with Gasteiger partial charge in [-0.3, -0.25) is 14.4 Å². The highest BCUT2D eigenvalue weighted by Crippen LogP contribution is 2.53. The Morgan fingerprint density at radius 2 is 1.08 bits per heavy atom. The van der Waals surface area contributed by atoms with Gasteiger partial charge >= 0.3 is 0 Å². The number of piperazine rings is 2. The Bertz CT molecular complexity index is 1080. The predicted octanol–water partition coefficient (Wildman–Crippen LogP) is 2.23. The summed E-state index contributed by atoms with van der Waals surface area (Å²) in [5, 5.41) is 10.6. The van der Waals surface area contributed by atoms with Gasteiger partial charge in [-0.25, -0.2) is 0 Å². The average Bonchev–Trinajstić information content (AvgIpc) is 3.32. The Hall–Kier alpha value is -2.65. The monoisotopic (exact) mass is 557 g/mol. The summed E-state index contributed by atoms with van der Waals surface area (Å²) in [6.07, 6.45) is 0.349. The SMILES string of the molecule is O=C(C(c1ccc(Cl)cc1)C1(C(C(=O)N2CCNCC2)c2ccc(Cl)cc2)CCNC1=O)N1CCNCC1. The molecule has 10 heteroatoms. The molecule has 5 rings (SSSR count). The van der Waals surface area contributed by atoms with Crippen molar-refractivity contribution in [2.75, 3.05) is 58.9 Å². The lowest BCUT2D eigenvalue weighted by Gasteiger charge is -2.44. The molecule has 0 saturated carbocycles. The van der Waals surface area contributed by atoms with Gasteiger partial charge in [0.05, 0.1) is 17.3 Å². The number of amides is 3. The molecule has 3 N–H and O–H groups in total. The first-order chi connectivity index (χ1) is 18.4. The molecule has 3 aliphatic heterocycles. The van der Waals surface area contributed by atoms with Gasteiger partial charge in [-0.2, -0.15) is 0 Å². The van der Waals surface area contributed by atoms with E-state index in [0.717, 1.165) is 0 Å². The van der Waals surface area contributed by atoms with Crippen molar-refractivity contribution in [3.8, 4) is 0 Å². The fraction of sp³-hybridized carbons (Fsp3) is 0.464. The molecule has 2 aromatic rings. The van der Waals surface area contributed by atoms with E-state index in [4.69, 9.17) is 23.2 Å². The molecule has 2 atom stereocenters. The average molecular weight is 559 g/mol. The van der Waals surface area contributed by atoms with Gasteiger partial charge in [0.2, 0.25) is 17.7 Å². The fourth-order valence-electron chi connectivity index (χ4n) is 6.15. The highest BCUT2D eigenvalue weighted by atomic mass is 35.5. The van der Waals surface area contributed by atoms with E-state index in [-0.39, 0.29) is 17.7 Å². The maximum atomic E-state index is 14.4. The zero-order valence-corrected chi connectivity index (χ0v) is 22.7. The lowest BCUT2D eigenvalue weighted by molar-refractivity contribution is -0.149.